The van der Waals surface area contributed by atoms with Crippen molar-refractivity contribution < 1.29 is 9.90 Å². The van der Waals surface area contributed by atoms with E-state index < -0.39 is 6.10 Å². The van der Waals surface area contributed by atoms with Gasteiger partial charge in [-0.15, -0.1) is 0 Å². The molecule has 186 valence electrons. The minimum atomic E-state index is -0.810. The maximum absolute atomic E-state index is 13.6. The van der Waals surface area contributed by atoms with Crippen LogP contribution < -0.4 is 10.9 Å². The number of aromatic nitrogens is 2. The normalized spacial score (nSPS) is 15.5. The molecule has 0 saturated carbocycles. The molecule has 1 aliphatic heterocycles. The molecule has 0 radical (unpaired) electrons. The van der Waals surface area contributed by atoms with Gasteiger partial charge in [-0.2, -0.15) is 0 Å². The number of nitrogens with one attached hydrogen (secondary N) is 1. The summed E-state index contributed by atoms with van der Waals surface area (Å²) in [5.41, 5.74) is 2.93. The van der Waals surface area contributed by atoms with Gasteiger partial charge in [0.25, 0.3) is 11.5 Å². The van der Waals surface area contributed by atoms with Crippen molar-refractivity contribution in [2.45, 2.75) is 19.6 Å². The number of fused-ring (bicyclic) bond motifs is 1. The summed E-state index contributed by atoms with van der Waals surface area (Å²) in [7, 11) is 0. The van der Waals surface area contributed by atoms with Crippen LogP contribution in [0.5, 0.6) is 0 Å². The fraction of sp³-hybridized carbons (Fsp3) is 0.143. The lowest BCUT2D eigenvalue weighted by atomic mass is 10.1. The maximum Gasteiger partial charge on any atom is 0.267 e. The van der Waals surface area contributed by atoms with Crippen LogP contribution in [0.3, 0.4) is 0 Å². The smallest absolute Gasteiger partial charge is 0.267 e. The first kappa shape index (κ1) is 24.9. The summed E-state index contributed by atoms with van der Waals surface area (Å²) in [4.78, 5) is 33.4. The Bertz CT molecular complexity index is 1570. The number of aliphatic hydroxyl groups excluding tert-OH is 1. The molecular formula is C28H24N4O3S2. The van der Waals surface area contributed by atoms with Gasteiger partial charge < -0.3 is 10.4 Å². The van der Waals surface area contributed by atoms with E-state index in [0.29, 0.717) is 27.2 Å². The van der Waals surface area contributed by atoms with E-state index >= 15 is 0 Å². The van der Waals surface area contributed by atoms with Crippen molar-refractivity contribution in [3.63, 3.8) is 0 Å². The molecule has 1 aliphatic rings. The first-order valence-corrected chi connectivity index (χ1v) is 12.9. The number of hydrogen-bond acceptors (Lipinski definition) is 7. The average molecular weight is 529 g/mol. The second kappa shape index (κ2) is 10.7. The second-order valence-corrected chi connectivity index (χ2v) is 10.3. The van der Waals surface area contributed by atoms with Crippen molar-refractivity contribution in [3.05, 3.63) is 117 Å². The van der Waals surface area contributed by atoms with Crippen LogP contribution >= 0.6 is 24.0 Å². The van der Waals surface area contributed by atoms with E-state index in [0.717, 1.165) is 28.5 Å². The molecule has 0 bridgehead atoms. The lowest BCUT2D eigenvalue weighted by Crippen LogP contribution is -2.27. The van der Waals surface area contributed by atoms with Gasteiger partial charge in [0.1, 0.15) is 15.8 Å². The molecule has 1 amide bonds. The van der Waals surface area contributed by atoms with Crippen LogP contribution in [-0.4, -0.2) is 36.2 Å². The molecule has 2 aromatic heterocycles. The van der Waals surface area contributed by atoms with Crippen LogP contribution in [-0.2, 0) is 11.3 Å². The zero-order valence-corrected chi connectivity index (χ0v) is 21.6. The van der Waals surface area contributed by atoms with Crippen molar-refractivity contribution in [1.82, 2.24) is 14.3 Å². The van der Waals surface area contributed by atoms with Crippen molar-refractivity contribution in [2.24, 2.45) is 0 Å². The summed E-state index contributed by atoms with van der Waals surface area (Å²) < 4.78 is 1.89. The number of benzene rings is 2. The summed E-state index contributed by atoms with van der Waals surface area (Å²) in [5.74, 6) is 0.0328. The summed E-state index contributed by atoms with van der Waals surface area (Å²) in [6.07, 6.45) is 2.39. The largest absolute Gasteiger partial charge is 0.387 e. The molecule has 7 nitrogen and oxygen atoms in total. The van der Waals surface area contributed by atoms with Gasteiger partial charge in [0.15, 0.2) is 0 Å². The molecule has 0 aliphatic carbocycles. The van der Waals surface area contributed by atoms with Gasteiger partial charge in [-0.3, -0.25) is 18.9 Å². The molecule has 1 atom stereocenters. The highest BCUT2D eigenvalue weighted by Crippen LogP contribution is 2.34. The first-order chi connectivity index (χ1) is 17.9. The molecule has 37 heavy (non-hydrogen) atoms. The fourth-order valence-corrected chi connectivity index (χ4v) is 5.33. The highest BCUT2D eigenvalue weighted by Gasteiger charge is 2.32. The lowest BCUT2D eigenvalue weighted by molar-refractivity contribution is -0.122. The first-order valence-electron chi connectivity index (χ1n) is 11.7. The number of anilines is 1. The van der Waals surface area contributed by atoms with Crippen LogP contribution in [0.4, 0.5) is 5.82 Å². The Kier molecular flexibility index (Phi) is 7.18. The quantitative estimate of drug-likeness (QED) is 0.269. The SMILES string of the molecule is Cc1cccn2c(=O)c(C=C3SC(=S)N(Cc4ccccc4)C3=O)c(NCC(O)c3ccccc3)nc12. The van der Waals surface area contributed by atoms with Gasteiger partial charge in [-0.1, -0.05) is 90.7 Å². The summed E-state index contributed by atoms with van der Waals surface area (Å²) in [5, 5.41) is 13.8. The molecule has 3 heterocycles. The van der Waals surface area contributed by atoms with Crippen LogP contribution in [0.1, 0.15) is 28.4 Å². The van der Waals surface area contributed by atoms with Crippen molar-refractivity contribution in [3.8, 4) is 0 Å². The number of aryl methyl sites for hydroxylation is 1. The molecule has 4 aromatic rings. The van der Waals surface area contributed by atoms with E-state index in [1.807, 2.05) is 73.7 Å². The zero-order valence-electron chi connectivity index (χ0n) is 20.0. The molecule has 5 rings (SSSR count). The Hall–Kier alpha value is -3.79. The minimum absolute atomic E-state index is 0.133. The Balaban J connectivity index is 1.51. The average Bonchev–Trinajstić information content (AvgIpc) is 3.18. The van der Waals surface area contributed by atoms with Gasteiger partial charge >= 0.3 is 0 Å². The zero-order chi connectivity index (χ0) is 25.9. The van der Waals surface area contributed by atoms with Crippen LogP contribution in [0.15, 0.2) is 88.7 Å². The number of thiocarbonyl (C=S) groups is 1. The third-order valence-electron chi connectivity index (χ3n) is 6.06. The monoisotopic (exact) mass is 528 g/mol. The predicted molar refractivity (Wildman–Crippen MR) is 151 cm³/mol. The minimum Gasteiger partial charge on any atom is -0.387 e. The van der Waals surface area contributed by atoms with E-state index in [-0.39, 0.29) is 23.6 Å². The van der Waals surface area contributed by atoms with Gasteiger partial charge in [0.05, 0.1) is 23.1 Å². The van der Waals surface area contributed by atoms with Crippen LogP contribution in [0.2, 0.25) is 0 Å². The van der Waals surface area contributed by atoms with Crippen molar-refractivity contribution in [1.29, 1.82) is 0 Å². The van der Waals surface area contributed by atoms with E-state index in [2.05, 4.69) is 5.32 Å². The number of rotatable bonds is 7. The predicted octanol–water partition coefficient (Wildman–Crippen LogP) is 4.55. The molecule has 1 saturated heterocycles. The standard InChI is InChI=1S/C28H24N4O3S2/c1-18-9-8-14-31-25(18)30-24(29-16-22(33)20-12-6-3-7-13-20)21(26(31)34)15-23-27(35)32(28(36)37-23)17-19-10-4-2-5-11-19/h2-15,22,29,33H,16-17H2,1H3. The Morgan fingerprint density at radius 1 is 1.05 bits per heavy atom. The molecule has 0 spiro atoms. The highest BCUT2D eigenvalue weighted by atomic mass is 32.2. The van der Waals surface area contributed by atoms with Gasteiger partial charge in [0, 0.05) is 12.7 Å². The Labute approximate surface area is 223 Å². The number of pyridine rings is 1. The molecule has 9 heteroatoms. The third kappa shape index (κ3) is 5.20. The molecular weight excluding hydrogens is 504 g/mol. The number of thioether (sulfide) groups is 1. The highest BCUT2D eigenvalue weighted by molar-refractivity contribution is 8.26. The lowest BCUT2D eigenvalue weighted by Gasteiger charge is -2.16. The van der Waals surface area contributed by atoms with Crippen molar-refractivity contribution in [2.75, 3.05) is 11.9 Å². The maximum atomic E-state index is 13.6. The second-order valence-electron chi connectivity index (χ2n) is 8.62. The summed E-state index contributed by atoms with van der Waals surface area (Å²) in [6, 6.07) is 22.5. The molecule has 2 aromatic carbocycles. The Morgan fingerprint density at radius 3 is 2.49 bits per heavy atom. The molecule has 1 fully saturated rings. The van der Waals surface area contributed by atoms with Gasteiger partial charge in [0.2, 0.25) is 0 Å². The topological polar surface area (TPSA) is 86.9 Å². The number of nitrogens with zero attached hydrogens (tertiary/aromatic N) is 3. The van der Waals surface area contributed by atoms with Crippen LogP contribution in [0, 0.1) is 6.92 Å². The molecule has 1 unspecified atom stereocenters. The van der Waals surface area contributed by atoms with E-state index in [4.69, 9.17) is 17.2 Å². The number of carbonyl (C=O) groups excluding carboxylic acids is 1. The van der Waals surface area contributed by atoms with E-state index in [9.17, 15) is 14.7 Å². The molecule has 2 N–H and O–H groups in total. The fourth-order valence-electron chi connectivity index (χ4n) is 4.10. The van der Waals surface area contributed by atoms with Crippen molar-refractivity contribution >= 4 is 51.7 Å². The number of amides is 1. The van der Waals surface area contributed by atoms with E-state index in [1.165, 1.54) is 9.30 Å². The summed E-state index contributed by atoms with van der Waals surface area (Å²) >= 11 is 6.65. The summed E-state index contributed by atoms with van der Waals surface area (Å²) in [6.45, 7) is 2.36. The van der Waals surface area contributed by atoms with Gasteiger partial charge in [-0.25, -0.2) is 4.98 Å². The number of aliphatic hydroxyl groups is 1. The van der Waals surface area contributed by atoms with Gasteiger partial charge in [-0.05, 0) is 35.8 Å². The Morgan fingerprint density at radius 2 is 1.76 bits per heavy atom. The van der Waals surface area contributed by atoms with Crippen LogP contribution in [0.25, 0.3) is 11.7 Å². The third-order valence-corrected chi connectivity index (χ3v) is 7.44. The number of hydrogen-bond donors (Lipinski definition) is 2. The van der Waals surface area contributed by atoms with E-state index in [1.54, 1.807) is 18.3 Å². The number of carbonyl (C=O) groups is 1.